The molecule has 1 aliphatic rings. The fourth-order valence-electron chi connectivity index (χ4n) is 1.91. The van der Waals surface area contributed by atoms with Gasteiger partial charge in [0, 0.05) is 6.20 Å². The van der Waals surface area contributed by atoms with Crippen molar-refractivity contribution in [3.05, 3.63) is 22.2 Å². The highest BCUT2D eigenvalue weighted by atomic mass is 19.3. The Morgan fingerprint density at radius 1 is 1.57 bits per heavy atom. The van der Waals surface area contributed by atoms with Crippen molar-refractivity contribution in [2.75, 3.05) is 12.3 Å². The summed E-state index contributed by atoms with van der Waals surface area (Å²) in [6, 6.07) is 0. The Hall–Kier alpha value is -2.14. The van der Waals surface area contributed by atoms with Crippen LogP contribution in [0.1, 0.15) is 16.6 Å². The number of alkyl halides is 3. The Kier molecular flexibility index (Phi) is 3.63. The van der Waals surface area contributed by atoms with Crippen molar-refractivity contribution in [3.63, 3.8) is 0 Å². The number of aromatic carboxylic acids is 1. The van der Waals surface area contributed by atoms with E-state index in [1.807, 2.05) is 0 Å². The number of nitrogens with zero attached hydrogens (tertiary/aromatic N) is 2. The predicted octanol–water partition coefficient (Wildman–Crippen LogP) is -0.613. The molecule has 1 aromatic rings. The first kappa shape index (κ1) is 15.3. The number of aromatic nitrogens is 2. The normalized spacial score (nSPS) is 27.7. The molecule has 1 aliphatic heterocycles. The topological polar surface area (TPSA) is 128 Å². The molecule has 116 valence electrons. The molecule has 3 unspecified atom stereocenters. The first-order valence-electron chi connectivity index (χ1n) is 5.60. The fraction of sp³-hybridized carbons (Fsp3) is 0.500. The summed E-state index contributed by atoms with van der Waals surface area (Å²) in [4.78, 5) is 25.5. The van der Waals surface area contributed by atoms with Gasteiger partial charge in [-0.3, -0.25) is 4.57 Å². The maximum atomic E-state index is 13.8. The van der Waals surface area contributed by atoms with Gasteiger partial charge in [0.2, 0.25) is 6.23 Å². The lowest BCUT2D eigenvalue weighted by Gasteiger charge is -2.20. The number of halogens is 3. The minimum absolute atomic E-state index is 0.141. The highest BCUT2D eigenvalue weighted by Crippen LogP contribution is 2.43. The van der Waals surface area contributed by atoms with E-state index >= 15 is 0 Å². The van der Waals surface area contributed by atoms with Crippen molar-refractivity contribution in [3.8, 4) is 0 Å². The van der Waals surface area contributed by atoms with E-state index in [0.717, 1.165) is 0 Å². The fourth-order valence-corrected chi connectivity index (χ4v) is 1.91. The van der Waals surface area contributed by atoms with Gasteiger partial charge >= 0.3 is 17.6 Å². The lowest BCUT2D eigenvalue weighted by molar-refractivity contribution is -0.130. The molecule has 1 saturated heterocycles. The lowest BCUT2D eigenvalue weighted by atomic mass is 10.1. The predicted molar refractivity (Wildman–Crippen MR) is 60.7 cm³/mol. The van der Waals surface area contributed by atoms with Gasteiger partial charge in [0.15, 0.2) is 6.17 Å². The maximum absolute atomic E-state index is 13.8. The van der Waals surface area contributed by atoms with Gasteiger partial charge in [-0.15, -0.1) is 0 Å². The lowest BCUT2D eigenvalue weighted by Crippen LogP contribution is -2.40. The van der Waals surface area contributed by atoms with Crippen molar-refractivity contribution in [1.29, 1.82) is 0 Å². The quantitative estimate of drug-likeness (QED) is 0.679. The number of aliphatic hydroxyl groups excluding tert-OH is 1. The van der Waals surface area contributed by atoms with Gasteiger partial charge in [-0.25, -0.2) is 14.0 Å². The number of carbonyl (C=O) groups is 1. The molecule has 2 heterocycles. The second-order valence-electron chi connectivity index (χ2n) is 4.32. The molecule has 11 heteroatoms. The average Bonchev–Trinajstić information content (AvgIpc) is 2.61. The van der Waals surface area contributed by atoms with Crippen molar-refractivity contribution in [2.24, 2.45) is 0 Å². The van der Waals surface area contributed by atoms with E-state index in [1.54, 1.807) is 0 Å². The monoisotopic (exact) mass is 309 g/mol. The van der Waals surface area contributed by atoms with Crippen LogP contribution in [-0.4, -0.2) is 50.5 Å². The number of nitrogen functional groups attached to an aromatic ring is 1. The van der Waals surface area contributed by atoms with E-state index in [1.165, 1.54) is 0 Å². The zero-order chi connectivity index (χ0) is 15.9. The number of rotatable bonds is 3. The number of ether oxygens (including phenoxy) is 1. The number of anilines is 1. The second-order valence-corrected chi connectivity index (χ2v) is 4.32. The molecule has 0 radical (unpaired) electrons. The minimum Gasteiger partial charge on any atom is -0.478 e. The first-order chi connectivity index (χ1) is 9.70. The summed E-state index contributed by atoms with van der Waals surface area (Å²) < 4.78 is 45.7. The third kappa shape index (κ3) is 2.34. The number of carboxylic acids is 1. The highest BCUT2D eigenvalue weighted by molar-refractivity contribution is 5.92. The Labute approximate surface area is 114 Å². The van der Waals surface area contributed by atoms with Gasteiger partial charge in [0.1, 0.15) is 17.5 Å². The van der Waals surface area contributed by atoms with Gasteiger partial charge in [-0.2, -0.15) is 13.8 Å². The zero-order valence-corrected chi connectivity index (χ0v) is 10.2. The molecular formula is C10H10F3N3O5. The van der Waals surface area contributed by atoms with Crippen molar-refractivity contribution >= 4 is 11.8 Å². The highest BCUT2D eigenvalue weighted by Gasteiger charge is 2.60. The minimum atomic E-state index is -4.15. The van der Waals surface area contributed by atoms with Gasteiger partial charge in [-0.1, -0.05) is 0 Å². The van der Waals surface area contributed by atoms with E-state index in [4.69, 9.17) is 15.9 Å². The number of aliphatic hydroxyl groups is 1. The van der Waals surface area contributed by atoms with Crippen LogP contribution in [0.4, 0.5) is 19.0 Å². The summed E-state index contributed by atoms with van der Waals surface area (Å²) in [6.45, 7) is -1.03. The van der Waals surface area contributed by atoms with Crippen LogP contribution in [0.15, 0.2) is 11.0 Å². The smallest absolute Gasteiger partial charge is 0.351 e. The Bertz CT molecular complexity index is 635. The summed E-state index contributed by atoms with van der Waals surface area (Å²) in [5.41, 5.74) is 3.15. The van der Waals surface area contributed by atoms with Crippen LogP contribution in [0.3, 0.4) is 0 Å². The molecule has 8 nitrogen and oxygen atoms in total. The molecular weight excluding hydrogens is 299 g/mol. The van der Waals surface area contributed by atoms with Crippen LogP contribution in [0.5, 0.6) is 0 Å². The molecule has 0 amide bonds. The van der Waals surface area contributed by atoms with E-state index in [9.17, 15) is 22.8 Å². The number of nitrogens with two attached hydrogens (primary N) is 1. The van der Waals surface area contributed by atoms with Crippen LogP contribution in [0.25, 0.3) is 0 Å². The van der Waals surface area contributed by atoms with Crippen LogP contribution < -0.4 is 11.4 Å². The summed E-state index contributed by atoms with van der Waals surface area (Å²) in [5.74, 6) is -6.42. The maximum Gasteiger partial charge on any atom is 0.351 e. The molecule has 0 spiro atoms. The molecule has 0 aliphatic carbocycles. The SMILES string of the molecule is Nc1nc(=O)n(C2OC(CO)C(F)C2(F)F)cc1C(=O)O. The van der Waals surface area contributed by atoms with Gasteiger partial charge in [0.05, 0.1) is 6.61 Å². The van der Waals surface area contributed by atoms with Crippen molar-refractivity contribution in [1.82, 2.24) is 9.55 Å². The summed E-state index contributed by atoms with van der Waals surface area (Å²) >= 11 is 0. The number of hydrogen-bond acceptors (Lipinski definition) is 6. The molecule has 1 fully saturated rings. The molecule has 0 saturated carbocycles. The number of hydrogen-bond donors (Lipinski definition) is 3. The van der Waals surface area contributed by atoms with Crippen LogP contribution >= 0.6 is 0 Å². The Balaban J connectivity index is 2.54. The van der Waals surface area contributed by atoms with E-state index < -0.39 is 54.1 Å². The van der Waals surface area contributed by atoms with Gasteiger partial charge in [0.25, 0.3) is 0 Å². The molecule has 1 aromatic heterocycles. The summed E-state index contributed by atoms with van der Waals surface area (Å²) in [6.07, 6.45) is -6.63. The van der Waals surface area contributed by atoms with Crippen LogP contribution in [0, 0.1) is 0 Å². The third-order valence-corrected chi connectivity index (χ3v) is 2.97. The third-order valence-electron chi connectivity index (χ3n) is 2.97. The summed E-state index contributed by atoms with van der Waals surface area (Å²) in [5, 5.41) is 17.6. The Morgan fingerprint density at radius 2 is 2.19 bits per heavy atom. The first-order valence-corrected chi connectivity index (χ1v) is 5.60. The average molecular weight is 309 g/mol. The molecule has 2 rings (SSSR count). The zero-order valence-electron chi connectivity index (χ0n) is 10.2. The van der Waals surface area contributed by atoms with Crippen LogP contribution in [0.2, 0.25) is 0 Å². The molecule has 3 atom stereocenters. The molecule has 21 heavy (non-hydrogen) atoms. The Morgan fingerprint density at radius 3 is 2.67 bits per heavy atom. The van der Waals surface area contributed by atoms with E-state index in [0.29, 0.717) is 6.20 Å². The number of carboxylic acid groups (broad SMARTS) is 1. The molecule has 0 bridgehead atoms. The molecule has 4 N–H and O–H groups in total. The van der Waals surface area contributed by atoms with E-state index in [2.05, 4.69) is 9.72 Å². The standard InChI is InChI=1S/C10H10F3N3O5/c11-5-4(2-17)21-8(10(5,12)13)16-1-3(7(18)19)6(14)15-9(16)20/h1,4-5,8,17H,2H2,(H,18,19)(H2,14,15,20). The van der Waals surface area contributed by atoms with Gasteiger partial charge in [-0.05, 0) is 0 Å². The van der Waals surface area contributed by atoms with Crippen molar-refractivity contribution in [2.45, 2.75) is 24.4 Å². The summed E-state index contributed by atoms with van der Waals surface area (Å²) in [7, 11) is 0. The van der Waals surface area contributed by atoms with E-state index in [-0.39, 0.29) is 4.57 Å². The van der Waals surface area contributed by atoms with Crippen molar-refractivity contribution < 1.29 is 32.9 Å². The van der Waals surface area contributed by atoms with Crippen LogP contribution in [-0.2, 0) is 4.74 Å². The van der Waals surface area contributed by atoms with Gasteiger partial charge < -0.3 is 20.7 Å². The largest absolute Gasteiger partial charge is 0.478 e. The second kappa shape index (κ2) is 5.00. The molecule has 0 aromatic carbocycles.